The van der Waals surface area contributed by atoms with Gasteiger partial charge in [0.2, 0.25) is 0 Å². The summed E-state index contributed by atoms with van der Waals surface area (Å²) in [6, 6.07) is 17.6. The van der Waals surface area contributed by atoms with Gasteiger partial charge in [-0.15, -0.1) is 20.5 Å². The Morgan fingerprint density at radius 3 is 1.95 bits per heavy atom. The number of aryl methyl sites for hydroxylation is 1. The minimum Gasteiger partial charge on any atom is -0.467 e. The highest BCUT2D eigenvalue weighted by Gasteiger charge is 2.25. The predicted molar refractivity (Wildman–Crippen MR) is 219 cm³/mol. The van der Waals surface area contributed by atoms with Crippen molar-refractivity contribution in [3.63, 3.8) is 0 Å². The summed E-state index contributed by atoms with van der Waals surface area (Å²) in [5.41, 5.74) is 14.6. The van der Waals surface area contributed by atoms with Gasteiger partial charge >= 0.3 is 17.9 Å². The molecule has 0 unspecified atom stereocenters. The van der Waals surface area contributed by atoms with E-state index >= 15 is 0 Å². The molecule has 0 saturated heterocycles. The fraction of sp³-hybridized carbons (Fsp3) is 0.162. The standard InChI is InChI=1S/C37H39N17O5/c1-7-25-27(46-48-31(23(19-38)33(55)57-4)42-21-15-11-9-12-16-21)29(40)53(50-25)35-43-36(45-37(44-35)59-6)54-30(41)28(26(8-2)51-54)47-49-32(24(20-39)34(56)58-5)52(3)22-17-13-10-14-18-22/h8-20,38-39,42H,2,7,40-41H2,1,3-6H3/b31-23-,32-24+,38-19?,39-20?,48-46?,49-47?. The molecule has 0 radical (unpaired) electrons. The molecule has 0 saturated carbocycles. The van der Waals surface area contributed by atoms with Crippen molar-refractivity contribution >= 4 is 64.8 Å². The molecule has 2 aromatic carbocycles. The predicted octanol–water partition coefficient (Wildman–Crippen LogP) is 5.11. The topological polar surface area (TPSA) is 301 Å². The first-order chi connectivity index (χ1) is 28.5. The largest absolute Gasteiger partial charge is 0.467 e. The minimum atomic E-state index is -0.822. The second-order valence-corrected chi connectivity index (χ2v) is 11.7. The molecule has 0 amide bonds. The van der Waals surface area contributed by atoms with Crippen LogP contribution in [0.4, 0.5) is 34.4 Å². The number of nitrogens with one attached hydrogen (secondary N) is 3. The van der Waals surface area contributed by atoms with Crippen molar-refractivity contribution in [1.29, 1.82) is 10.8 Å². The number of esters is 2. The van der Waals surface area contributed by atoms with Crippen molar-refractivity contribution in [3.05, 3.63) is 101 Å². The molecule has 5 rings (SSSR count). The highest BCUT2D eigenvalue weighted by Crippen LogP contribution is 2.34. The molecule has 0 spiro atoms. The number of rotatable bonds is 17. The van der Waals surface area contributed by atoms with E-state index in [-0.39, 0.29) is 69.4 Å². The molecule has 0 bridgehead atoms. The Morgan fingerprint density at radius 1 is 0.831 bits per heavy atom. The molecule has 302 valence electrons. The van der Waals surface area contributed by atoms with Crippen molar-refractivity contribution in [3.8, 4) is 17.9 Å². The van der Waals surface area contributed by atoms with Crippen LogP contribution in [-0.4, -0.2) is 87.3 Å². The summed E-state index contributed by atoms with van der Waals surface area (Å²) < 4.78 is 17.5. The van der Waals surface area contributed by atoms with Gasteiger partial charge in [-0.25, -0.2) is 9.59 Å². The smallest absolute Gasteiger partial charge is 0.343 e. The van der Waals surface area contributed by atoms with E-state index < -0.39 is 11.9 Å². The maximum absolute atomic E-state index is 12.7. The van der Waals surface area contributed by atoms with Gasteiger partial charge in [0.25, 0.3) is 11.9 Å². The molecule has 0 aliphatic rings. The number of hydrogen-bond acceptors (Lipinski definition) is 20. The van der Waals surface area contributed by atoms with Crippen LogP contribution in [0, 0.1) is 10.8 Å². The number of hydrogen-bond donors (Lipinski definition) is 5. The maximum Gasteiger partial charge on any atom is 0.343 e. The highest BCUT2D eigenvalue weighted by atomic mass is 16.5. The van der Waals surface area contributed by atoms with Crippen LogP contribution in [0.1, 0.15) is 18.3 Å². The van der Waals surface area contributed by atoms with Crippen LogP contribution in [0.3, 0.4) is 0 Å². The zero-order chi connectivity index (χ0) is 42.6. The molecule has 0 atom stereocenters. The fourth-order valence-corrected chi connectivity index (χ4v) is 5.15. The Bertz CT molecular complexity index is 2510. The lowest BCUT2D eigenvalue weighted by atomic mass is 10.2. The van der Waals surface area contributed by atoms with Crippen molar-refractivity contribution in [2.24, 2.45) is 20.5 Å². The number of nitrogens with two attached hydrogens (primary N) is 2. The second kappa shape index (κ2) is 18.9. The van der Waals surface area contributed by atoms with E-state index in [4.69, 9.17) is 36.5 Å². The van der Waals surface area contributed by atoms with Crippen molar-refractivity contribution in [2.75, 3.05) is 50.1 Å². The minimum absolute atomic E-state index is 0.0212. The van der Waals surface area contributed by atoms with Gasteiger partial charge in [0.05, 0.1) is 27.0 Å². The number of ether oxygens (including phenoxy) is 3. The number of azo groups is 2. The van der Waals surface area contributed by atoms with E-state index in [1.54, 1.807) is 60.5 Å². The molecule has 3 heterocycles. The van der Waals surface area contributed by atoms with E-state index in [9.17, 15) is 9.59 Å². The Hall–Kier alpha value is -8.43. The quantitative estimate of drug-likeness (QED) is 0.0354. The average molecular weight is 802 g/mol. The SMILES string of the molecule is C=Cc1nn(-c2nc(OC)nc(-n3nc(CC)c(N=N/C(Nc4ccccc4)=C(/C=N)C(=O)OC)c3N)n2)c(N)c1N=N/C(=C(/C=N)C(=O)OC)N(C)c1ccccc1. The number of carbonyl (C=O) groups is 2. The Balaban J connectivity index is 1.60. The molecular formula is C37H39N17O5. The van der Waals surface area contributed by atoms with E-state index in [1.165, 1.54) is 32.1 Å². The molecule has 7 N–H and O–H groups in total. The van der Waals surface area contributed by atoms with Crippen molar-refractivity contribution < 1.29 is 23.8 Å². The van der Waals surface area contributed by atoms with Gasteiger partial charge in [-0.2, -0.15) is 34.5 Å². The number of carbonyl (C=O) groups excluding carboxylic acids is 2. The van der Waals surface area contributed by atoms with Gasteiger partial charge in [0.15, 0.2) is 34.7 Å². The summed E-state index contributed by atoms with van der Waals surface area (Å²) in [6.45, 7) is 5.63. The lowest BCUT2D eigenvalue weighted by Gasteiger charge is -2.20. The van der Waals surface area contributed by atoms with Crippen LogP contribution >= 0.6 is 0 Å². The highest BCUT2D eigenvalue weighted by molar-refractivity contribution is 6.10. The molecule has 5 aromatic rings. The molecule has 22 heteroatoms. The molecule has 0 fully saturated rings. The summed E-state index contributed by atoms with van der Waals surface area (Å²) in [5, 5.41) is 45.1. The van der Waals surface area contributed by atoms with Crippen LogP contribution in [0.25, 0.3) is 18.0 Å². The first-order valence-electron chi connectivity index (χ1n) is 17.3. The second-order valence-electron chi connectivity index (χ2n) is 11.7. The van der Waals surface area contributed by atoms with Crippen LogP contribution in [-0.2, 0) is 25.5 Å². The third kappa shape index (κ3) is 9.01. The van der Waals surface area contributed by atoms with E-state index in [0.29, 0.717) is 23.5 Å². The number of methoxy groups -OCH3 is 3. The molecule has 3 aromatic heterocycles. The summed E-state index contributed by atoms with van der Waals surface area (Å²) in [6.07, 6.45) is 3.31. The monoisotopic (exact) mass is 801 g/mol. The Labute approximate surface area is 336 Å². The molecule has 0 aliphatic heterocycles. The summed E-state index contributed by atoms with van der Waals surface area (Å²) in [4.78, 5) is 40.0. The number of para-hydroxylation sites is 2. The fourth-order valence-electron chi connectivity index (χ4n) is 5.15. The molecular weight excluding hydrogens is 763 g/mol. The number of benzene rings is 2. The van der Waals surface area contributed by atoms with E-state index in [0.717, 1.165) is 17.1 Å². The van der Waals surface area contributed by atoms with Crippen molar-refractivity contribution in [2.45, 2.75) is 13.3 Å². The average Bonchev–Trinajstić information content (AvgIpc) is 3.78. The maximum atomic E-state index is 12.7. The number of anilines is 4. The van der Waals surface area contributed by atoms with Gasteiger partial charge in [-0.3, -0.25) is 0 Å². The Morgan fingerprint density at radius 2 is 1.39 bits per heavy atom. The summed E-state index contributed by atoms with van der Waals surface area (Å²) in [5.74, 6) is -2.20. The zero-order valence-electron chi connectivity index (χ0n) is 32.5. The van der Waals surface area contributed by atoms with E-state index in [2.05, 4.69) is 57.5 Å². The first kappa shape index (κ1) is 41.7. The molecule has 59 heavy (non-hydrogen) atoms. The van der Waals surface area contributed by atoms with Crippen LogP contribution in [0.15, 0.2) is 110 Å². The first-order valence-corrected chi connectivity index (χ1v) is 17.3. The molecule has 22 nitrogen and oxygen atoms in total. The lowest BCUT2D eigenvalue weighted by molar-refractivity contribution is -0.136. The third-order valence-corrected chi connectivity index (χ3v) is 8.15. The van der Waals surface area contributed by atoms with Gasteiger partial charge < -0.3 is 46.7 Å². The summed E-state index contributed by atoms with van der Waals surface area (Å²) >= 11 is 0. The van der Waals surface area contributed by atoms with Crippen LogP contribution in [0.5, 0.6) is 6.01 Å². The Kier molecular flexibility index (Phi) is 13.4. The lowest BCUT2D eigenvalue weighted by Crippen LogP contribution is -2.21. The number of aromatic nitrogens is 7. The van der Waals surface area contributed by atoms with Gasteiger partial charge in [0, 0.05) is 30.9 Å². The van der Waals surface area contributed by atoms with Gasteiger partial charge in [-0.05, 0) is 36.8 Å². The van der Waals surface area contributed by atoms with Crippen LogP contribution in [0.2, 0.25) is 0 Å². The summed E-state index contributed by atoms with van der Waals surface area (Å²) in [7, 11) is 5.34. The number of nitrogen functional groups attached to an aromatic ring is 2. The third-order valence-electron chi connectivity index (χ3n) is 8.15. The van der Waals surface area contributed by atoms with Gasteiger partial charge in [0.1, 0.15) is 16.8 Å². The number of nitrogens with zero attached hydrogens (tertiary/aromatic N) is 12. The zero-order valence-corrected chi connectivity index (χ0v) is 32.5. The normalized spacial score (nSPS) is 12.1. The van der Waals surface area contributed by atoms with Crippen molar-refractivity contribution in [1.82, 2.24) is 34.5 Å². The van der Waals surface area contributed by atoms with Crippen LogP contribution < -0.4 is 26.4 Å². The molecule has 0 aliphatic carbocycles. The van der Waals surface area contributed by atoms with Gasteiger partial charge in [-0.1, -0.05) is 49.9 Å². The van der Waals surface area contributed by atoms with E-state index in [1.807, 2.05) is 19.1 Å².